The average Bonchev–Trinajstić information content (AvgIpc) is 2.79. The summed E-state index contributed by atoms with van der Waals surface area (Å²) in [6, 6.07) is 0.147. The molecule has 2 heterocycles. The smallest absolute Gasteiger partial charge is 0.410 e. The molecule has 6 heteroatoms. The Balaban J connectivity index is 1.98. The van der Waals surface area contributed by atoms with Crippen LogP contribution in [0.15, 0.2) is 0 Å². The van der Waals surface area contributed by atoms with Crippen molar-refractivity contribution in [3.05, 3.63) is 0 Å². The van der Waals surface area contributed by atoms with E-state index < -0.39 is 11.7 Å². The molecule has 0 radical (unpaired) electrons. The maximum absolute atomic E-state index is 12.3. The number of hydrogen-bond acceptors (Lipinski definition) is 4. The van der Waals surface area contributed by atoms with E-state index in [1.54, 1.807) is 0 Å². The zero-order valence-electron chi connectivity index (χ0n) is 12.7. The summed E-state index contributed by atoms with van der Waals surface area (Å²) in [5.74, 6) is -0.0230. The van der Waals surface area contributed by atoms with Crippen LogP contribution in [0.25, 0.3) is 0 Å². The SMILES string of the molecule is CC1CN(C(=O)OC(C)(C)C)CC(=O)N1C1CCOC1. The lowest BCUT2D eigenvalue weighted by Crippen LogP contribution is -2.60. The van der Waals surface area contributed by atoms with Crippen molar-refractivity contribution in [2.24, 2.45) is 0 Å². The van der Waals surface area contributed by atoms with Crippen molar-refractivity contribution < 1.29 is 19.1 Å². The van der Waals surface area contributed by atoms with E-state index in [1.807, 2.05) is 32.6 Å². The van der Waals surface area contributed by atoms with Crippen molar-refractivity contribution in [2.75, 3.05) is 26.3 Å². The molecule has 2 fully saturated rings. The van der Waals surface area contributed by atoms with Gasteiger partial charge in [-0.15, -0.1) is 0 Å². The molecule has 0 saturated carbocycles. The van der Waals surface area contributed by atoms with Gasteiger partial charge >= 0.3 is 6.09 Å². The number of hydrogen-bond donors (Lipinski definition) is 0. The van der Waals surface area contributed by atoms with Crippen LogP contribution in [0.4, 0.5) is 4.79 Å². The molecule has 0 bridgehead atoms. The number of carbonyl (C=O) groups excluding carboxylic acids is 2. The summed E-state index contributed by atoms with van der Waals surface area (Å²) in [5, 5.41) is 0. The molecule has 0 aromatic carbocycles. The van der Waals surface area contributed by atoms with E-state index in [9.17, 15) is 9.59 Å². The van der Waals surface area contributed by atoms with Gasteiger partial charge < -0.3 is 14.4 Å². The lowest BCUT2D eigenvalue weighted by atomic mass is 10.1. The second-order valence-electron chi connectivity index (χ2n) is 6.53. The number of rotatable bonds is 1. The Bertz CT molecular complexity index is 385. The summed E-state index contributed by atoms with van der Waals surface area (Å²) in [5.41, 5.74) is -0.542. The highest BCUT2D eigenvalue weighted by molar-refractivity contribution is 5.84. The van der Waals surface area contributed by atoms with E-state index >= 15 is 0 Å². The van der Waals surface area contributed by atoms with Gasteiger partial charge in [-0.25, -0.2) is 4.79 Å². The van der Waals surface area contributed by atoms with Gasteiger partial charge in [0.2, 0.25) is 5.91 Å². The molecule has 0 aliphatic carbocycles. The Morgan fingerprint density at radius 3 is 2.60 bits per heavy atom. The van der Waals surface area contributed by atoms with Crippen LogP contribution in [0.5, 0.6) is 0 Å². The molecule has 20 heavy (non-hydrogen) atoms. The van der Waals surface area contributed by atoms with Gasteiger partial charge in [0.15, 0.2) is 0 Å². The normalized spacial score (nSPS) is 27.9. The number of amides is 2. The standard InChI is InChI=1S/C14H24N2O4/c1-10-7-15(13(18)20-14(2,3)4)8-12(17)16(10)11-5-6-19-9-11/h10-11H,5-9H2,1-4H3. The molecule has 0 N–H and O–H groups in total. The first kappa shape index (κ1) is 15.1. The Kier molecular flexibility index (Phi) is 4.22. The van der Waals surface area contributed by atoms with E-state index in [2.05, 4.69) is 0 Å². The Morgan fingerprint density at radius 1 is 1.40 bits per heavy atom. The molecule has 0 spiro atoms. The molecular formula is C14H24N2O4. The summed E-state index contributed by atoms with van der Waals surface area (Å²) in [4.78, 5) is 27.7. The summed E-state index contributed by atoms with van der Waals surface area (Å²) >= 11 is 0. The number of nitrogens with zero attached hydrogens (tertiary/aromatic N) is 2. The van der Waals surface area contributed by atoms with Crippen LogP contribution < -0.4 is 0 Å². The molecule has 6 nitrogen and oxygen atoms in total. The number of carbonyl (C=O) groups is 2. The van der Waals surface area contributed by atoms with Crippen LogP contribution in [-0.4, -0.2) is 65.8 Å². The molecule has 0 aromatic rings. The second kappa shape index (κ2) is 5.60. The molecule has 2 rings (SSSR count). The van der Waals surface area contributed by atoms with Gasteiger partial charge in [-0.1, -0.05) is 0 Å². The van der Waals surface area contributed by atoms with E-state index in [0.717, 1.165) is 6.42 Å². The lowest BCUT2D eigenvalue weighted by Gasteiger charge is -2.42. The Morgan fingerprint density at radius 2 is 2.10 bits per heavy atom. The van der Waals surface area contributed by atoms with E-state index in [4.69, 9.17) is 9.47 Å². The zero-order valence-corrected chi connectivity index (χ0v) is 12.7. The second-order valence-corrected chi connectivity index (χ2v) is 6.53. The van der Waals surface area contributed by atoms with Crippen molar-refractivity contribution in [2.45, 2.75) is 51.8 Å². The third-order valence-corrected chi connectivity index (χ3v) is 3.52. The van der Waals surface area contributed by atoms with Crippen molar-refractivity contribution in [3.8, 4) is 0 Å². The lowest BCUT2D eigenvalue weighted by molar-refractivity contribution is -0.142. The van der Waals surface area contributed by atoms with Gasteiger partial charge in [0.05, 0.1) is 12.6 Å². The van der Waals surface area contributed by atoms with Gasteiger partial charge in [-0.3, -0.25) is 9.69 Å². The molecule has 2 saturated heterocycles. The highest BCUT2D eigenvalue weighted by Gasteiger charge is 2.38. The molecule has 2 amide bonds. The fraction of sp³-hybridized carbons (Fsp3) is 0.857. The molecule has 0 aromatic heterocycles. The third kappa shape index (κ3) is 3.42. The molecule has 2 aliphatic heterocycles. The first-order chi connectivity index (χ1) is 9.28. The van der Waals surface area contributed by atoms with Crippen molar-refractivity contribution in [3.63, 3.8) is 0 Å². The monoisotopic (exact) mass is 284 g/mol. The van der Waals surface area contributed by atoms with Crippen molar-refractivity contribution >= 4 is 12.0 Å². The first-order valence-corrected chi connectivity index (χ1v) is 7.15. The van der Waals surface area contributed by atoms with Crippen molar-refractivity contribution in [1.29, 1.82) is 0 Å². The summed E-state index contributed by atoms with van der Waals surface area (Å²) < 4.78 is 10.7. The van der Waals surface area contributed by atoms with Crippen LogP contribution in [0, 0.1) is 0 Å². The van der Waals surface area contributed by atoms with Crippen LogP contribution in [0.2, 0.25) is 0 Å². The molecule has 2 unspecified atom stereocenters. The Labute approximate surface area is 120 Å². The van der Waals surface area contributed by atoms with Gasteiger partial charge in [-0.2, -0.15) is 0 Å². The van der Waals surface area contributed by atoms with E-state index in [0.29, 0.717) is 19.8 Å². The number of ether oxygens (including phenoxy) is 2. The largest absolute Gasteiger partial charge is 0.444 e. The maximum atomic E-state index is 12.3. The van der Waals surface area contributed by atoms with Gasteiger partial charge in [0, 0.05) is 19.2 Å². The van der Waals surface area contributed by atoms with Crippen LogP contribution in [0.3, 0.4) is 0 Å². The molecule has 2 aliphatic rings. The summed E-state index contributed by atoms with van der Waals surface area (Å²) in [7, 11) is 0. The summed E-state index contributed by atoms with van der Waals surface area (Å²) in [6.07, 6.45) is 0.461. The maximum Gasteiger partial charge on any atom is 0.410 e. The molecular weight excluding hydrogens is 260 g/mol. The van der Waals surface area contributed by atoms with Crippen LogP contribution in [-0.2, 0) is 14.3 Å². The first-order valence-electron chi connectivity index (χ1n) is 7.15. The highest BCUT2D eigenvalue weighted by Crippen LogP contribution is 2.21. The van der Waals surface area contributed by atoms with E-state index in [-0.39, 0.29) is 24.5 Å². The van der Waals surface area contributed by atoms with E-state index in [1.165, 1.54) is 4.90 Å². The quantitative estimate of drug-likeness (QED) is 0.727. The minimum Gasteiger partial charge on any atom is -0.444 e. The Hall–Kier alpha value is -1.30. The van der Waals surface area contributed by atoms with Crippen molar-refractivity contribution in [1.82, 2.24) is 9.80 Å². The number of piperazine rings is 1. The van der Waals surface area contributed by atoms with Crippen LogP contribution >= 0.6 is 0 Å². The highest BCUT2D eigenvalue weighted by atomic mass is 16.6. The third-order valence-electron chi connectivity index (χ3n) is 3.52. The average molecular weight is 284 g/mol. The minimum absolute atomic E-state index is 0.00420. The zero-order chi connectivity index (χ0) is 14.9. The predicted molar refractivity (Wildman–Crippen MR) is 73.3 cm³/mol. The van der Waals surface area contributed by atoms with Gasteiger partial charge in [0.25, 0.3) is 0 Å². The fourth-order valence-corrected chi connectivity index (χ4v) is 2.73. The minimum atomic E-state index is -0.542. The summed E-state index contributed by atoms with van der Waals surface area (Å²) in [6.45, 7) is 9.34. The van der Waals surface area contributed by atoms with Crippen LogP contribution in [0.1, 0.15) is 34.1 Å². The topological polar surface area (TPSA) is 59.1 Å². The predicted octanol–water partition coefficient (Wildman–Crippen LogP) is 1.24. The fourth-order valence-electron chi connectivity index (χ4n) is 2.73. The van der Waals surface area contributed by atoms with Gasteiger partial charge in [-0.05, 0) is 34.1 Å². The molecule has 114 valence electrons. The van der Waals surface area contributed by atoms with Gasteiger partial charge in [0.1, 0.15) is 12.1 Å². The molecule has 2 atom stereocenters.